The summed E-state index contributed by atoms with van der Waals surface area (Å²) in [7, 11) is 0. The Kier molecular flexibility index (Phi) is 6.95. The Morgan fingerprint density at radius 2 is 1.82 bits per heavy atom. The van der Waals surface area contributed by atoms with Crippen molar-refractivity contribution in [1.82, 2.24) is 9.88 Å². The van der Waals surface area contributed by atoms with Crippen molar-refractivity contribution in [2.75, 3.05) is 6.54 Å². The van der Waals surface area contributed by atoms with Crippen LogP contribution in [-0.4, -0.2) is 22.3 Å². The predicted molar refractivity (Wildman–Crippen MR) is 107 cm³/mol. The lowest BCUT2D eigenvalue weighted by atomic mass is 10.1. The normalized spacial score (nSPS) is 10.8. The first-order chi connectivity index (χ1) is 13.7. The summed E-state index contributed by atoms with van der Waals surface area (Å²) < 4.78 is 18.7. The Bertz CT molecular complexity index is 875. The summed E-state index contributed by atoms with van der Waals surface area (Å²) in [6.45, 7) is 3.27. The van der Waals surface area contributed by atoms with E-state index in [0.29, 0.717) is 24.7 Å². The highest BCUT2D eigenvalue weighted by Gasteiger charge is 2.17. The van der Waals surface area contributed by atoms with Gasteiger partial charge in [-0.1, -0.05) is 50.1 Å². The molecule has 0 spiro atoms. The molecule has 0 unspecified atom stereocenters. The summed E-state index contributed by atoms with van der Waals surface area (Å²) in [5, 5.41) is 0. The van der Waals surface area contributed by atoms with Crippen molar-refractivity contribution in [3.8, 4) is 11.5 Å². The molecule has 0 fully saturated rings. The molecule has 5 heteroatoms. The molecule has 3 aromatic rings. The van der Waals surface area contributed by atoms with Crippen LogP contribution in [0.15, 0.2) is 65.3 Å². The van der Waals surface area contributed by atoms with Crippen LogP contribution >= 0.6 is 0 Å². The van der Waals surface area contributed by atoms with E-state index in [0.717, 1.165) is 30.4 Å². The molecule has 0 atom stereocenters. The van der Waals surface area contributed by atoms with Crippen LogP contribution in [0.3, 0.4) is 0 Å². The Balaban J connectivity index is 1.68. The van der Waals surface area contributed by atoms with Crippen molar-refractivity contribution in [2.45, 2.75) is 39.2 Å². The number of nitrogens with zero attached hydrogens (tertiary/aromatic N) is 2. The average molecular weight is 380 g/mol. The minimum Gasteiger partial charge on any atom is -0.444 e. The molecule has 0 bridgehead atoms. The largest absolute Gasteiger partial charge is 0.444 e. The second-order valence-corrected chi connectivity index (χ2v) is 6.84. The van der Waals surface area contributed by atoms with E-state index in [9.17, 15) is 9.18 Å². The van der Waals surface area contributed by atoms with Gasteiger partial charge in [-0.05, 0) is 36.2 Å². The molecule has 0 aliphatic rings. The van der Waals surface area contributed by atoms with Crippen LogP contribution in [0.4, 0.5) is 4.39 Å². The number of unbranched alkanes of at least 4 members (excludes halogenated alkanes) is 2. The van der Waals surface area contributed by atoms with E-state index in [-0.39, 0.29) is 18.1 Å². The molecule has 0 aliphatic heterocycles. The molecule has 1 aromatic heterocycles. The fourth-order valence-corrected chi connectivity index (χ4v) is 3.02. The van der Waals surface area contributed by atoms with E-state index < -0.39 is 0 Å². The van der Waals surface area contributed by atoms with E-state index in [1.54, 1.807) is 18.4 Å². The lowest BCUT2D eigenvalue weighted by Crippen LogP contribution is -2.33. The van der Waals surface area contributed by atoms with Crippen LogP contribution in [0.5, 0.6) is 0 Å². The maximum Gasteiger partial charge on any atom is 0.229 e. The zero-order valence-corrected chi connectivity index (χ0v) is 16.1. The quantitative estimate of drug-likeness (QED) is 0.477. The fraction of sp³-hybridized carbons (Fsp3) is 0.304. The fourth-order valence-electron chi connectivity index (χ4n) is 3.02. The van der Waals surface area contributed by atoms with Crippen LogP contribution in [0.1, 0.15) is 37.4 Å². The third kappa shape index (κ3) is 5.52. The molecule has 0 saturated carbocycles. The van der Waals surface area contributed by atoms with Gasteiger partial charge in [0, 0.05) is 18.7 Å². The number of oxazole rings is 1. The first-order valence-electron chi connectivity index (χ1n) is 9.67. The van der Waals surface area contributed by atoms with Gasteiger partial charge in [-0.15, -0.1) is 0 Å². The third-order valence-corrected chi connectivity index (χ3v) is 4.58. The number of benzene rings is 2. The summed E-state index contributed by atoms with van der Waals surface area (Å²) in [5.74, 6) is 0.233. The molecular weight excluding hydrogens is 355 g/mol. The van der Waals surface area contributed by atoms with Gasteiger partial charge in [0.1, 0.15) is 12.1 Å². The first kappa shape index (κ1) is 19.8. The molecule has 146 valence electrons. The summed E-state index contributed by atoms with van der Waals surface area (Å²) in [4.78, 5) is 19.2. The van der Waals surface area contributed by atoms with Crippen molar-refractivity contribution in [3.05, 3.63) is 77.9 Å². The molecular formula is C23H25FN2O2. The molecule has 0 saturated heterocycles. The third-order valence-electron chi connectivity index (χ3n) is 4.58. The van der Waals surface area contributed by atoms with Gasteiger partial charge in [-0.3, -0.25) is 4.79 Å². The number of hydrogen-bond donors (Lipinski definition) is 0. The number of rotatable bonds is 9. The SMILES string of the molecule is CCCCCN(Cc1ccc(F)cc1)C(=O)Cc1coc(-c2ccccc2)n1. The zero-order chi connectivity index (χ0) is 19.8. The maximum atomic E-state index is 13.2. The highest BCUT2D eigenvalue weighted by Crippen LogP contribution is 2.19. The number of halogens is 1. The van der Waals surface area contributed by atoms with Crippen molar-refractivity contribution < 1.29 is 13.6 Å². The highest BCUT2D eigenvalue weighted by atomic mass is 19.1. The van der Waals surface area contributed by atoms with Crippen LogP contribution in [0, 0.1) is 5.82 Å². The molecule has 3 rings (SSSR count). The van der Waals surface area contributed by atoms with Crippen LogP contribution in [-0.2, 0) is 17.8 Å². The Hall–Kier alpha value is -2.95. The summed E-state index contributed by atoms with van der Waals surface area (Å²) >= 11 is 0. The molecule has 2 aromatic carbocycles. The Morgan fingerprint density at radius 1 is 1.07 bits per heavy atom. The van der Waals surface area contributed by atoms with E-state index in [1.165, 1.54) is 12.1 Å². The summed E-state index contributed by atoms with van der Waals surface area (Å²) in [5.41, 5.74) is 2.41. The second-order valence-electron chi connectivity index (χ2n) is 6.84. The van der Waals surface area contributed by atoms with E-state index in [4.69, 9.17) is 4.42 Å². The summed E-state index contributed by atoms with van der Waals surface area (Å²) in [6, 6.07) is 15.9. The molecule has 0 N–H and O–H groups in total. The number of aromatic nitrogens is 1. The van der Waals surface area contributed by atoms with Gasteiger partial charge in [0.05, 0.1) is 12.1 Å². The van der Waals surface area contributed by atoms with Crippen molar-refractivity contribution >= 4 is 5.91 Å². The van der Waals surface area contributed by atoms with Crippen molar-refractivity contribution in [1.29, 1.82) is 0 Å². The summed E-state index contributed by atoms with van der Waals surface area (Å²) in [6.07, 6.45) is 4.82. The van der Waals surface area contributed by atoms with E-state index >= 15 is 0 Å². The van der Waals surface area contributed by atoms with Crippen LogP contribution < -0.4 is 0 Å². The van der Waals surface area contributed by atoms with Gasteiger partial charge in [0.2, 0.25) is 11.8 Å². The van der Waals surface area contributed by atoms with Gasteiger partial charge in [-0.25, -0.2) is 9.37 Å². The average Bonchev–Trinajstić information content (AvgIpc) is 3.18. The lowest BCUT2D eigenvalue weighted by molar-refractivity contribution is -0.131. The van der Waals surface area contributed by atoms with E-state index in [1.807, 2.05) is 35.2 Å². The lowest BCUT2D eigenvalue weighted by Gasteiger charge is -2.22. The van der Waals surface area contributed by atoms with Crippen molar-refractivity contribution in [2.24, 2.45) is 0 Å². The number of amides is 1. The molecule has 4 nitrogen and oxygen atoms in total. The molecule has 1 heterocycles. The smallest absolute Gasteiger partial charge is 0.229 e. The maximum absolute atomic E-state index is 13.2. The van der Waals surface area contributed by atoms with Gasteiger partial charge < -0.3 is 9.32 Å². The Morgan fingerprint density at radius 3 is 2.54 bits per heavy atom. The Labute approximate surface area is 165 Å². The number of hydrogen-bond acceptors (Lipinski definition) is 3. The minimum atomic E-state index is -0.274. The molecule has 1 amide bonds. The number of carbonyl (C=O) groups is 1. The number of carbonyl (C=O) groups excluding carboxylic acids is 1. The second kappa shape index (κ2) is 9.83. The van der Waals surface area contributed by atoms with Crippen LogP contribution in [0.25, 0.3) is 11.5 Å². The molecule has 28 heavy (non-hydrogen) atoms. The first-order valence-corrected chi connectivity index (χ1v) is 9.67. The minimum absolute atomic E-state index is 0.00617. The topological polar surface area (TPSA) is 46.3 Å². The zero-order valence-electron chi connectivity index (χ0n) is 16.1. The van der Waals surface area contributed by atoms with Gasteiger partial charge >= 0.3 is 0 Å². The molecule has 0 radical (unpaired) electrons. The highest BCUT2D eigenvalue weighted by molar-refractivity contribution is 5.78. The van der Waals surface area contributed by atoms with Crippen LogP contribution in [0.2, 0.25) is 0 Å². The van der Waals surface area contributed by atoms with Gasteiger partial charge in [0.25, 0.3) is 0 Å². The van der Waals surface area contributed by atoms with Gasteiger partial charge in [0.15, 0.2) is 0 Å². The predicted octanol–water partition coefficient (Wildman–Crippen LogP) is 5.24. The van der Waals surface area contributed by atoms with E-state index in [2.05, 4.69) is 11.9 Å². The molecule has 0 aliphatic carbocycles. The van der Waals surface area contributed by atoms with Crippen molar-refractivity contribution in [3.63, 3.8) is 0 Å². The monoisotopic (exact) mass is 380 g/mol. The standard InChI is InChI=1S/C23H25FN2O2/c1-2-3-7-14-26(16-18-10-12-20(24)13-11-18)22(27)15-21-17-28-23(25-21)19-8-5-4-6-9-19/h4-6,8-13,17H,2-3,7,14-16H2,1H3. The van der Waals surface area contributed by atoms with Gasteiger partial charge in [-0.2, -0.15) is 0 Å².